The SMILES string of the molecule is CN(C)C(=O)[C@H]1CC[C@H](NC(=O)C(=O)Nc2ccc(Cl)cn2)[C@H](NC(=O)C2CCN(S(=O)(=O)c3ccc(F)cc3)CC2)C1. The number of sulfonamides is 1. The van der Waals surface area contributed by atoms with Crippen LogP contribution in [0.2, 0.25) is 5.02 Å². The Kier molecular flexibility index (Phi) is 10.4. The van der Waals surface area contributed by atoms with Crippen LogP contribution in [-0.4, -0.2) is 85.5 Å². The van der Waals surface area contributed by atoms with Crippen molar-refractivity contribution in [3.8, 4) is 0 Å². The van der Waals surface area contributed by atoms with Gasteiger partial charge in [-0.15, -0.1) is 0 Å². The fraction of sp³-hybridized carbons (Fsp3) is 0.464. The number of piperidine rings is 1. The van der Waals surface area contributed by atoms with Crippen molar-refractivity contribution < 1.29 is 32.0 Å². The minimum absolute atomic E-state index is 0.0231. The maximum absolute atomic E-state index is 13.3. The van der Waals surface area contributed by atoms with Gasteiger partial charge in [0.25, 0.3) is 0 Å². The van der Waals surface area contributed by atoms with Gasteiger partial charge in [-0.1, -0.05) is 11.6 Å². The predicted octanol–water partition coefficient (Wildman–Crippen LogP) is 1.77. The Morgan fingerprint density at radius 2 is 1.58 bits per heavy atom. The number of benzene rings is 1. The average Bonchev–Trinajstić information content (AvgIpc) is 2.99. The summed E-state index contributed by atoms with van der Waals surface area (Å²) in [6.45, 7) is 0.201. The van der Waals surface area contributed by atoms with Crippen molar-refractivity contribution in [2.75, 3.05) is 32.5 Å². The maximum Gasteiger partial charge on any atom is 0.314 e. The van der Waals surface area contributed by atoms with Gasteiger partial charge in [-0.3, -0.25) is 19.2 Å². The molecule has 3 atom stereocenters. The molecule has 12 nitrogen and oxygen atoms in total. The lowest BCUT2D eigenvalue weighted by molar-refractivity contribution is -0.138. The molecule has 0 unspecified atom stereocenters. The van der Waals surface area contributed by atoms with Gasteiger partial charge in [-0.25, -0.2) is 17.8 Å². The Balaban J connectivity index is 1.39. The third-order valence-corrected chi connectivity index (χ3v) is 9.87. The lowest BCUT2D eigenvalue weighted by atomic mass is 9.81. The Labute approximate surface area is 254 Å². The number of anilines is 1. The molecule has 2 aromatic rings. The quantitative estimate of drug-likeness (QED) is 0.391. The van der Waals surface area contributed by atoms with Crippen molar-refractivity contribution in [1.82, 2.24) is 24.8 Å². The largest absolute Gasteiger partial charge is 0.351 e. The molecule has 1 aliphatic carbocycles. The van der Waals surface area contributed by atoms with Gasteiger partial charge in [-0.05, 0) is 68.5 Å². The van der Waals surface area contributed by atoms with Crippen LogP contribution in [0.15, 0.2) is 47.5 Å². The van der Waals surface area contributed by atoms with Crippen molar-refractivity contribution in [3.05, 3.63) is 53.4 Å². The van der Waals surface area contributed by atoms with Crippen LogP contribution in [0.4, 0.5) is 10.2 Å². The molecule has 0 bridgehead atoms. The molecule has 1 saturated carbocycles. The highest BCUT2D eigenvalue weighted by molar-refractivity contribution is 7.89. The van der Waals surface area contributed by atoms with Crippen molar-refractivity contribution in [3.63, 3.8) is 0 Å². The molecular weight excluding hydrogens is 603 g/mol. The molecule has 43 heavy (non-hydrogen) atoms. The monoisotopic (exact) mass is 636 g/mol. The number of hydrogen-bond donors (Lipinski definition) is 3. The van der Waals surface area contributed by atoms with Gasteiger partial charge in [0.15, 0.2) is 0 Å². The van der Waals surface area contributed by atoms with Gasteiger partial charge in [0.05, 0.1) is 9.92 Å². The molecule has 15 heteroatoms. The zero-order chi connectivity index (χ0) is 31.3. The number of rotatable bonds is 7. The van der Waals surface area contributed by atoms with Crippen LogP contribution >= 0.6 is 11.6 Å². The molecule has 4 rings (SSSR count). The topological polar surface area (TPSA) is 158 Å². The summed E-state index contributed by atoms with van der Waals surface area (Å²) in [5.74, 6) is -3.57. The molecule has 232 valence electrons. The fourth-order valence-corrected chi connectivity index (χ4v) is 6.95. The van der Waals surface area contributed by atoms with E-state index in [4.69, 9.17) is 11.6 Å². The standard InChI is InChI=1S/C28H34ClFN6O6S/c1-35(2)28(40)18-3-9-22(32-26(38)27(39)34-24-10-4-19(29)16-31-24)23(15-18)33-25(37)17-11-13-36(14-12-17)43(41,42)21-7-5-20(30)6-8-21/h4-8,10,16-18,22-23H,3,9,11-15H2,1-2H3,(H,32,38)(H,33,37)(H,31,34,39)/t18-,22-,23+/m0/s1. The van der Waals surface area contributed by atoms with Crippen molar-refractivity contribution in [2.24, 2.45) is 11.8 Å². The molecule has 4 amide bonds. The predicted molar refractivity (Wildman–Crippen MR) is 156 cm³/mol. The summed E-state index contributed by atoms with van der Waals surface area (Å²) in [5, 5.41) is 8.41. The van der Waals surface area contributed by atoms with Gasteiger partial charge in [0.1, 0.15) is 11.6 Å². The third kappa shape index (κ3) is 8.06. The number of nitrogens with one attached hydrogen (secondary N) is 3. The molecule has 2 fully saturated rings. The summed E-state index contributed by atoms with van der Waals surface area (Å²) in [6.07, 6.45) is 2.90. The van der Waals surface area contributed by atoms with E-state index in [-0.39, 0.29) is 60.8 Å². The van der Waals surface area contributed by atoms with Crippen molar-refractivity contribution in [2.45, 2.75) is 49.1 Å². The number of pyridine rings is 1. The Bertz CT molecular complexity index is 1450. The average molecular weight is 637 g/mol. The van der Waals surface area contributed by atoms with E-state index < -0.39 is 45.7 Å². The number of carbonyl (C=O) groups is 4. The number of aromatic nitrogens is 1. The summed E-state index contributed by atoms with van der Waals surface area (Å²) >= 11 is 5.81. The molecule has 1 aromatic carbocycles. The van der Waals surface area contributed by atoms with E-state index >= 15 is 0 Å². The van der Waals surface area contributed by atoms with Gasteiger partial charge in [0, 0.05) is 57.3 Å². The van der Waals surface area contributed by atoms with Gasteiger partial charge < -0.3 is 20.9 Å². The van der Waals surface area contributed by atoms with Gasteiger partial charge in [-0.2, -0.15) is 4.31 Å². The van der Waals surface area contributed by atoms with Crippen LogP contribution < -0.4 is 16.0 Å². The minimum atomic E-state index is -3.84. The van der Waals surface area contributed by atoms with Gasteiger partial charge >= 0.3 is 11.8 Å². The van der Waals surface area contributed by atoms with E-state index in [9.17, 15) is 32.0 Å². The van der Waals surface area contributed by atoms with Crippen LogP contribution in [-0.2, 0) is 29.2 Å². The summed E-state index contributed by atoms with van der Waals surface area (Å²) in [6, 6.07) is 6.28. The molecule has 2 aliphatic rings. The highest BCUT2D eigenvalue weighted by Gasteiger charge is 2.39. The molecule has 1 aliphatic heterocycles. The van der Waals surface area contributed by atoms with Crippen LogP contribution in [0, 0.1) is 17.7 Å². The smallest absolute Gasteiger partial charge is 0.314 e. The number of nitrogens with zero attached hydrogens (tertiary/aromatic N) is 3. The van der Waals surface area contributed by atoms with E-state index in [1.165, 1.54) is 39.7 Å². The van der Waals surface area contributed by atoms with Gasteiger partial charge in [0.2, 0.25) is 21.8 Å². The number of carbonyl (C=O) groups excluding carboxylic acids is 4. The first kappa shape index (κ1) is 32.3. The molecule has 0 spiro atoms. The first-order valence-corrected chi connectivity index (χ1v) is 15.7. The van der Waals surface area contributed by atoms with E-state index in [0.717, 1.165) is 12.1 Å². The Hall–Kier alpha value is -3.62. The van der Waals surface area contributed by atoms with Crippen molar-refractivity contribution in [1.29, 1.82) is 0 Å². The molecule has 1 saturated heterocycles. The highest BCUT2D eigenvalue weighted by atomic mass is 35.5. The second kappa shape index (κ2) is 13.8. The first-order valence-electron chi connectivity index (χ1n) is 13.9. The first-order chi connectivity index (χ1) is 20.3. The second-order valence-corrected chi connectivity index (χ2v) is 13.3. The summed E-state index contributed by atoms with van der Waals surface area (Å²) in [7, 11) is -0.548. The maximum atomic E-state index is 13.3. The summed E-state index contributed by atoms with van der Waals surface area (Å²) in [4.78, 5) is 56.7. The van der Waals surface area contributed by atoms with E-state index in [1.54, 1.807) is 14.1 Å². The molecule has 2 heterocycles. The molecule has 0 radical (unpaired) electrons. The normalized spacial score (nSPS) is 21.4. The Morgan fingerprint density at radius 3 is 2.19 bits per heavy atom. The van der Waals surface area contributed by atoms with E-state index in [1.807, 2.05) is 0 Å². The van der Waals surface area contributed by atoms with Crippen LogP contribution in [0.3, 0.4) is 0 Å². The second-order valence-electron chi connectivity index (χ2n) is 10.9. The van der Waals surface area contributed by atoms with Crippen LogP contribution in [0.5, 0.6) is 0 Å². The molecular formula is C28H34ClFN6O6S. The zero-order valence-electron chi connectivity index (χ0n) is 23.8. The molecule has 3 N–H and O–H groups in total. The number of amides is 4. The lowest BCUT2D eigenvalue weighted by Crippen LogP contribution is -2.58. The molecule has 1 aromatic heterocycles. The fourth-order valence-electron chi connectivity index (χ4n) is 5.36. The highest BCUT2D eigenvalue weighted by Crippen LogP contribution is 2.28. The van der Waals surface area contributed by atoms with E-state index in [2.05, 4.69) is 20.9 Å². The third-order valence-electron chi connectivity index (χ3n) is 7.74. The summed E-state index contributed by atoms with van der Waals surface area (Å²) < 4.78 is 40.5. The Morgan fingerprint density at radius 1 is 0.907 bits per heavy atom. The van der Waals surface area contributed by atoms with Crippen molar-refractivity contribution >= 4 is 51.1 Å². The van der Waals surface area contributed by atoms with Crippen LogP contribution in [0.1, 0.15) is 32.1 Å². The zero-order valence-corrected chi connectivity index (χ0v) is 25.3. The summed E-state index contributed by atoms with van der Waals surface area (Å²) in [5.41, 5.74) is 0. The minimum Gasteiger partial charge on any atom is -0.351 e. The van der Waals surface area contributed by atoms with E-state index in [0.29, 0.717) is 17.9 Å². The number of hydrogen-bond acceptors (Lipinski definition) is 7. The number of halogens is 2. The lowest BCUT2D eigenvalue weighted by Gasteiger charge is -2.38. The van der Waals surface area contributed by atoms with Crippen LogP contribution in [0.25, 0.3) is 0 Å².